The molecule has 0 saturated heterocycles. The molecule has 0 saturated carbocycles. The third-order valence-corrected chi connectivity index (χ3v) is 3.16. The zero-order valence-electron chi connectivity index (χ0n) is 13.2. The van der Waals surface area contributed by atoms with Crippen LogP contribution in [0.5, 0.6) is 0 Å². The van der Waals surface area contributed by atoms with Gasteiger partial charge in [-0.05, 0) is 22.5 Å². The number of ether oxygens (including phenoxy) is 2. The Bertz CT molecular complexity index is 456. The molecule has 0 amide bonds. The van der Waals surface area contributed by atoms with Crippen molar-refractivity contribution in [3.8, 4) is 0 Å². The lowest BCUT2D eigenvalue weighted by atomic mass is 9.87. The van der Waals surface area contributed by atoms with Crippen molar-refractivity contribution < 1.29 is 19.1 Å². The minimum absolute atomic E-state index is 0.0619. The molecule has 0 aromatic rings. The lowest BCUT2D eigenvalue weighted by molar-refractivity contribution is -0.137. The molecule has 0 aromatic carbocycles. The fourth-order valence-corrected chi connectivity index (χ4v) is 1.78. The van der Waals surface area contributed by atoms with Crippen molar-refractivity contribution in [1.29, 1.82) is 0 Å². The zero-order valence-corrected chi connectivity index (χ0v) is 13.2. The Balaban J connectivity index is 0.000000200. The van der Waals surface area contributed by atoms with Crippen LogP contribution < -0.4 is 0 Å². The normalized spacial score (nSPS) is 18.7. The number of esters is 2. The van der Waals surface area contributed by atoms with E-state index in [-0.39, 0.29) is 22.8 Å². The Kier molecular flexibility index (Phi) is 4.79. The summed E-state index contributed by atoms with van der Waals surface area (Å²) in [5.74, 6) is -0.363. The van der Waals surface area contributed by atoms with Crippen LogP contribution in [-0.2, 0) is 19.1 Å². The summed E-state index contributed by atoms with van der Waals surface area (Å²) in [5, 5.41) is 0. The molecule has 0 radical (unpaired) electrons. The molecule has 0 aromatic heterocycles. The first-order valence-corrected chi connectivity index (χ1v) is 6.77. The molecule has 0 fully saturated rings. The molecule has 0 aliphatic carbocycles. The maximum atomic E-state index is 10.9. The van der Waals surface area contributed by atoms with Gasteiger partial charge in [0.2, 0.25) is 0 Å². The predicted molar refractivity (Wildman–Crippen MR) is 77.0 cm³/mol. The van der Waals surface area contributed by atoms with Gasteiger partial charge >= 0.3 is 11.9 Å². The molecular weight excluding hydrogens is 256 g/mol. The smallest absolute Gasteiger partial charge is 0.334 e. The van der Waals surface area contributed by atoms with E-state index in [9.17, 15) is 9.59 Å². The highest BCUT2D eigenvalue weighted by atomic mass is 16.5. The van der Waals surface area contributed by atoms with Gasteiger partial charge in [-0.1, -0.05) is 41.5 Å². The quantitative estimate of drug-likeness (QED) is 0.640. The third-order valence-electron chi connectivity index (χ3n) is 3.16. The van der Waals surface area contributed by atoms with Crippen LogP contribution >= 0.6 is 0 Å². The summed E-state index contributed by atoms with van der Waals surface area (Å²) < 4.78 is 9.52. The Hall–Kier alpha value is -1.58. The van der Waals surface area contributed by atoms with Crippen LogP contribution in [0.4, 0.5) is 0 Å². The molecule has 112 valence electrons. The summed E-state index contributed by atoms with van der Waals surface area (Å²) in [6.07, 6.45) is 3.43. The Labute approximate surface area is 120 Å². The van der Waals surface area contributed by atoms with E-state index in [0.717, 1.165) is 11.1 Å². The van der Waals surface area contributed by atoms with Gasteiger partial charge in [0.1, 0.15) is 13.2 Å². The maximum absolute atomic E-state index is 10.9. The molecule has 20 heavy (non-hydrogen) atoms. The molecule has 4 nitrogen and oxygen atoms in total. The molecule has 0 N–H and O–H groups in total. The van der Waals surface area contributed by atoms with Gasteiger partial charge in [-0.3, -0.25) is 0 Å². The molecular formula is C16H24O4. The number of carbonyl (C=O) groups excluding carboxylic acids is 2. The van der Waals surface area contributed by atoms with E-state index in [0.29, 0.717) is 13.2 Å². The molecule has 0 unspecified atom stereocenters. The summed E-state index contributed by atoms with van der Waals surface area (Å²) in [5.41, 5.74) is 1.89. The Morgan fingerprint density at radius 3 is 1.75 bits per heavy atom. The highest BCUT2D eigenvalue weighted by Gasteiger charge is 2.28. The summed E-state index contributed by atoms with van der Waals surface area (Å²) in [6, 6.07) is 0. The maximum Gasteiger partial charge on any atom is 0.334 e. The number of carbonyl (C=O) groups is 2. The molecule has 2 aliphatic rings. The Morgan fingerprint density at radius 1 is 0.950 bits per heavy atom. The average Bonchev–Trinajstić information content (AvgIpc) is 2.85. The van der Waals surface area contributed by atoms with Gasteiger partial charge < -0.3 is 9.47 Å². The van der Waals surface area contributed by atoms with Crippen LogP contribution in [0.3, 0.4) is 0 Å². The van der Waals surface area contributed by atoms with Crippen LogP contribution in [0.25, 0.3) is 0 Å². The van der Waals surface area contributed by atoms with E-state index in [1.165, 1.54) is 0 Å². The number of cyclic esters (lactones) is 2. The predicted octanol–water partition coefficient (Wildman–Crippen LogP) is 3.03. The lowest BCUT2D eigenvalue weighted by Gasteiger charge is -2.17. The van der Waals surface area contributed by atoms with Crippen LogP contribution in [0.2, 0.25) is 0 Å². The van der Waals surface area contributed by atoms with E-state index >= 15 is 0 Å². The molecule has 2 aliphatic heterocycles. The summed E-state index contributed by atoms with van der Waals surface area (Å²) in [6.45, 7) is 13.2. The van der Waals surface area contributed by atoms with Crippen molar-refractivity contribution in [2.24, 2.45) is 10.8 Å². The molecule has 0 spiro atoms. The first kappa shape index (κ1) is 16.5. The standard InChI is InChI=1S/2C8H12O2/c1-8(2,3)6-4-7(9)10-5-6;1-8(2,3)6-4-5-10-7(6)9/h2*4H,5H2,1-3H3. The number of hydrogen-bond donors (Lipinski definition) is 0. The summed E-state index contributed by atoms with van der Waals surface area (Å²) in [4.78, 5) is 21.5. The van der Waals surface area contributed by atoms with Crippen LogP contribution in [0.1, 0.15) is 41.5 Å². The second-order valence-corrected chi connectivity index (χ2v) is 6.99. The second-order valence-electron chi connectivity index (χ2n) is 6.99. The van der Waals surface area contributed by atoms with Gasteiger partial charge in [0.25, 0.3) is 0 Å². The number of rotatable bonds is 0. The fourth-order valence-electron chi connectivity index (χ4n) is 1.78. The highest BCUT2D eigenvalue weighted by molar-refractivity contribution is 5.91. The van der Waals surface area contributed by atoms with Crippen molar-refractivity contribution in [3.63, 3.8) is 0 Å². The minimum Gasteiger partial charge on any atom is -0.458 e. The van der Waals surface area contributed by atoms with Gasteiger partial charge in [0, 0.05) is 11.6 Å². The molecule has 0 atom stereocenters. The topological polar surface area (TPSA) is 52.6 Å². The van der Waals surface area contributed by atoms with E-state index in [1.807, 2.05) is 26.8 Å². The Morgan fingerprint density at radius 2 is 1.55 bits per heavy atom. The number of hydrogen-bond acceptors (Lipinski definition) is 4. The molecule has 4 heteroatoms. The van der Waals surface area contributed by atoms with Gasteiger partial charge in [-0.2, -0.15) is 0 Å². The van der Waals surface area contributed by atoms with Crippen molar-refractivity contribution in [3.05, 3.63) is 23.3 Å². The third kappa shape index (κ3) is 4.51. The van der Waals surface area contributed by atoms with E-state index in [4.69, 9.17) is 9.47 Å². The van der Waals surface area contributed by atoms with E-state index in [2.05, 4.69) is 20.8 Å². The zero-order chi connectivity index (χ0) is 15.6. The fraction of sp³-hybridized carbons (Fsp3) is 0.625. The van der Waals surface area contributed by atoms with Crippen molar-refractivity contribution in [2.75, 3.05) is 13.2 Å². The van der Waals surface area contributed by atoms with Gasteiger partial charge in [-0.25, -0.2) is 9.59 Å². The van der Waals surface area contributed by atoms with E-state index < -0.39 is 0 Å². The van der Waals surface area contributed by atoms with Crippen molar-refractivity contribution in [1.82, 2.24) is 0 Å². The van der Waals surface area contributed by atoms with Crippen molar-refractivity contribution in [2.45, 2.75) is 41.5 Å². The van der Waals surface area contributed by atoms with Gasteiger partial charge in [-0.15, -0.1) is 0 Å². The molecule has 2 heterocycles. The lowest BCUT2D eigenvalue weighted by Crippen LogP contribution is -2.15. The SMILES string of the molecule is CC(C)(C)C1=CC(=O)OC1.CC(C)(C)C1=CCOC1=O. The van der Waals surface area contributed by atoms with Crippen molar-refractivity contribution >= 4 is 11.9 Å². The summed E-state index contributed by atoms with van der Waals surface area (Å²) >= 11 is 0. The highest BCUT2D eigenvalue weighted by Crippen LogP contribution is 2.29. The van der Waals surface area contributed by atoms with Gasteiger partial charge in [0.05, 0.1) is 0 Å². The van der Waals surface area contributed by atoms with Gasteiger partial charge in [0.15, 0.2) is 0 Å². The first-order valence-electron chi connectivity index (χ1n) is 6.77. The minimum atomic E-state index is -0.204. The van der Waals surface area contributed by atoms with Crippen LogP contribution in [0.15, 0.2) is 23.3 Å². The second kappa shape index (κ2) is 5.81. The largest absolute Gasteiger partial charge is 0.458 e. The van der Waals surface area contributed by atoms with E-state index in [1.54, 1.807) is 6.08 Å². The first-order chi connectivity index (χ1) is 9.01. The molecule has 2 rings (SSSR count). The monoisotopic (exact) mass is 280 g/mol. The molecule has 0 bridgehead atoms. The summed E-state index contributed by atoms with van der Waals surface area (Å²) in [7, 11) is 0. The van der Waals surface area contributed by atoms with Crippen LogP contribution in [0, 0.1) is 10.8 Å². The van der Waals surface area contributed by atoms with Crippen LogP contribution in [-0.4, -0.2) is 25.2 Å². The average molecular weight is 280 g/mol.